The number of anilines is 3. The first kappa shape index (κ1) is 14.5. The Hall–Kier alpha value is -2.39. The van der Waals surface area contributed by atoms with Gasteiger partial charge in [-0.3, -0.25) is 4.79 Å². The molecule has 0 fully saturated rings. The van der Waals surface area contributed by atoms with Crippen LogP contribution < -0.4 is 10.6 Å². The van der Waals surface area contributed by atoms with Gasteiger partial charge in [-0.2, -0.15) is 0 Å². The third kappa shape index (κ3) is 3.83. The van der Waals surface area contributed by atoms with Crippen LogP contribution in [0.25, 0.3) is 0 Å². The quantitative estimate of drug-likeness (QED) is 0.746. The molecule has 0 radical (unpaired) electrons. The average Bonchev–Trinajstić information content (AvgIpc) is 3.09. The Labute approximate surface area is 134 Å². The Morgan fingerprint density at radius 2 is 2.05 bits per heavy atom. The van der Waals surface area contributed by atoms with Gasteiger partial charge in [0.25, 0.3) is 0 Å². The molecule has 22 heavy (non-hydrogen) atoms. The van der Waals surface area contributed by atoms with Crippen LogP contribution in [0.5, 0.6) is 0 Å². The zero-order chi connectivity index (χ0) is 15.4. The summed E-state index contributed by atoms with van der Waals surface area (Å²) in [5.41, 5.74) is 0.689. The molecule has 0 atom stereocenters. The predicted molar refractivity (Wildman–Crippen MR) is 86.6 cm³/mol. The highest BCUT2D eigenvalue weighted by molar-refractivity contribution is 7.15. The zero-order valence-electron chi connectivity index (χ0n) is 11.6. The van der Waals surface area contributed by atoms with E-state index in [-0.39, 0.29) is 12.3 Å². The molecule has 3 heterocycles. The summed E-state index contributed by atoms with van der Waals surface area (Å²) in [5, 5.41) is 8.84. The molecule has 0 aliphatic carbocycles. The van der Waals surface area contributed by atoms with Gasteiger partial charge in [0.15, 0.2) is 10.3 Å². The van der Waals surface area contributed by atoms with E-state index >= 15 is 0 Å². The second-order valence-electron chi connectivity index (χ2n) is 4.34. The Bertz CT molecular complexity index is 770. The molecule has 3 aromatic rings. The molecule has 0 aromatic carbocycles. The molecular formula is C13H12N6OS2. The van der Waals surface area contributed by atoms with Crippen LogP contribution >= 0.6 is 22.7 Å². The molecule has 0 spiro atoms. The molecule has 112 valence electrons. The van der Waals surface area contributed by atoms with E-state index in [0.717, 1.165) is 4.88 Å². The zero-order valence-corrected chi connectivity index (χ0v) is 13.2. The third-order valence-corrected chi connectivity index (χ3v) is 4.18. The highest BCUT2D eigenvalue weighted by atomic mass is 32.1. The Morgan fingerprint density at radius 1 is 1.23 bits per heavy atom. The number of nitrogens with zero attached hydrogens (tertiary/aromatic N) is 4. The number of carbonyl (C=O) groups excluding carboxylic acids is 1. The molecule has 9 heteroatoms. The molecule has 0 saturated heterocycles. The minimum Gasteiger partial charge on any atom is -0.302 e. The topological polar surface area (TPSA) is 92.7 Å². The number of rotatable bonds is 5. The lowest BCUT2D eigenvalue weighted by molar-refractivity contribution is -0.115. The largest absolute Gasteiger partial charge is 0.302 e. The fourth-order valence-corrected chi connectivity index (χ4v) is 3.03. The van der Waals surface area contributed by atoms with Crippen molar-refractivity contribution in [3.8, 4) is 0 Å². The Kier molecular flexibility index (Phi) is 4.35. The smallest absolute Gasteiger partial charge is 0.232 e. The van der Waals surface area contributed by atoms with E-state index in [1.807, 2.05) is 12.3 Å². The number of thiazole rings is 2. The first-order chi connectivity index (χ1) is 10.7. The van der Waals surface area contributed by atoms with Crippen molar-refractivity contribution in [2.45, 2.75) is 13.3 Å². The van der Waals surface area contributed by atoms with E-state index < -0.39 is 0 Å². The van der Waals surface area contributed by atoms with Gasteiger partial charge in [0.05, 0.1) is 12.1 Å². The lowest BCUT2D eigenvalue weighted by atomic mass is 10.3. The molecule has 0 aliphatic heterocycles. The summed E-state index contributed by atoms with van der Waals surface area (Å²) in [6, 6.07) is 1.74. The van der Waals surface area contributed by atoms with Gasteiger partial charge in [0.1, 0.15) is 0 Å². The maximum Gasteiger partial charge on any atom is 0.232 e. The van der Waals surface area contributed by atoms with Gasteiger partial charge in [0.2, 0.25) is 11.9 Å². The summed E-state index contributed by atoms with van der Waals surface area (Å²) in [6.45, 7) is 1.94. The van der Waals surface area contributed by atoms with Crippen molar-refractivity contribution >= 4 is 44.8 Å². The first-order valence-electron chi connectivity index (χ1n) is 6.40. The number of carbonyl (C=O) groups is 1. The van der Waals surface area contributed by atoms with Crippen molar-refractivity contribution < 1.29 is 4.79 Å². The molecule has 7 nitrogen and oxygen atoms in total. The summed E-state index contributed by atoms with van der Waals surface area (Å²) < 4.78 is 0. The van der Waals surface area contributed by atoms with Crippen molar-refractivity contribution in [3.05, 3.63) is 40.6 Å². The second-order valence-corrected chi connectivity index (χ2v) is 6.44. The van der Waals surface area contributed by atoms with Crippen molar-refractivity contribution in [1.29, 1.82) is 0 Å². The third-order valence-electron chi connectivity index (χ3n) is 2.55. The first-order valence-corrected chi connectivity index (χ1v) is 8.09. The number of amides is 1. The maximum atomic E-state index is 11.9. The fourth-order valence-electron chi connectivity index (χ4n) is 1.65. The molecule has 0 saturated carbocycles. The van der Waals surface area contributed by atoms with Crippen LogP contribution in [-0.2, 0) is 11.2 Å². The molecular weight excluding hydrogens is 320 g/mol. The molecule has 3 aromatic heterocycles. The van der Waals surface area contributed by atoms with Crippen LogP contribution in [0.4, 0.5) is 16.2 Å². The van der Waals surface area contributed by atoms with Crippen LogP contribution in [0.3, 0.4) is 0 Å². The molecule has 3 rings (SSSR count). The van der Waals surface area contributed by atoms with Crippen LogP contribution in [0.1, 0.15) is 10.6 Å². The van der Waals surface area contributed by atoms with Gasteiger partial charge in [-0.25, -0.2) is 19.9 Å². The number of hydrogen-bond acceptors (Lipinski definition) is 8. The normalized spacial score (nSPS) is 10.4. The molecule has 1 amide bonds. The number of aromatic nitrogens is 4. The summed E-state index contributed by atoms with van der Waals surface area (Å²) in [4.78, 5) is 29.5. The fraction of sp³-hybridized carbons (Fsp3) is 0.154. The van der Waals surface area contributed by atoms with Gasteiger partial charge in [-0.1, -0.05) is 0 Å². The van der Waals surface area contributed by atoms with E-state index in [2.05, 4.69) is 30.6 Å². The molecule has 0 unspecified atom stereocenters. The molecule has 2 N–H and O–H groups in total. The van der Waals surface area contributed by atoms with Gasteiger partial charge < -0.3 is 10.6 Å². The van der Waals surface area contributed by atoms with E-state index in [1.54, 1.807) is 24.7 Å². The average molecular weight is 332 g/mol. The van der Waals surface area contributed by atoms with Gasteiger partial charge in [-0.05, 0) is 13.0 Å². The standard InChI is InChI=1S/C13H12N6OS2/c1-8-6-16-12(22-8)18-10(20)5-9-7-21-13(17-9)19-11-14-3-2-4-15-11/h2-4,6-7H,5H2,1H3,(H,16,18,20)(H,14,15,17,19). The van der Waals surface area contributed by atoms with Crippen LogP contribution in [-0.4, -0.2) is 25.8 Å². The Morgan fingerprint density at radius 3 is 2.77 bits per heavy atom. The van der Waals surface area contributed by atoms with Crippen LogP contribution in [0, 0.1) is 6.92 Å². The van der Waals surface area contributed by atoms with E-state index in [0.29, 0.717) is 21.9 Å². The predicted octanol–water partition coefficient (Wildman–Crippen LogP) is 2.62. The molecule has 0 aliphatic rings. The van der Waals surface area contributed by atoms with E-state index in [9.17, 15) is 4.79 Å². The lowest BCUT2D eigenvalue weighted by Crippen LogP contribution is -2.14. The minimum absolute atomic E-state index is 0.137. The van der Waals surface area contributed by atoms with Crippen molar-refractivity contribution in [3.63, 3.8) is 0 Å². The van der Waals surface area contributed by atoms with Gasteiger partial charge >= 0.3 is 0 Å². The lowest BCUT2D eigenvalue weighted by Gasteiger charge is -1.99. The summed E-state index contributed by atoms with van der Waals surface area (Å²) in [5.74, 6) is 0.341. The van der Waals surface area contributed by atoms with Gasteiger partial charge in [-0.15, -0.1) is 22.7 Å². The van der Waals surface area contributed by atoms with E-state index in [4.69, 9.17) is 0 Å². The summed E-state index contributed by atoms with van der Waals surface area (Å²) in [6.07, 6.45) is 5.22. The molecule has 0 bridgehead atoms. The Balaban J connectivity index is 1.58. The van der Waals surface area contributed by atoms with Crippen LogP contribution in [0.2, 0.25) is 0 Å². The monoisotopic (exact) mass is 332 g/mol. The number of hydrogen-bond donors (Lipinski definition) is 2. The maximum absolute atomic E-state index is 11.9. The summed E-state index contributed by atoms with van der Waals surface area (Å²) in [7, 11) is 0. The van der Waals surface area contributed by atoms with Crippen molar-refractivity contribution in [2.24, 2.45) is 0 Å². The van der Waals surface area contributed by atoms with Crippen molar-refractivity contribution in [1.82, 2.24) is 19.9 Å². The SMILES string of the molecule is Cc1cnc(NC(=O)Cc2csc(Nc3ncccn3)n2)s1. The van der Waals surface area contributed by atoms with Crippen LogP contribution in [0.15, 0.2) is 30.0 Å². The summed E-state index contributed by atoms with van der Waals surface area (Å²) >= 11 is 2.85. The highest BCUT2D eigenvalue weighted by Gasteiger charge is 2.10. The highest BCUT2D eigenvalue weighted by Crippen LogP contribution is 2.20. The van der Waals surface area contributed by atoms with Gasteiger partial charge in [0, 0.05) is 28.8 Å². The van der Waals surface area contributed by atoms with E-state index in [1.165, 1.54) is 22.7 Å². The number of nitrogens with one attached hydrogen (secondary N) is 2. The number of aryl methyl sites for hydroxylation is 1. The second kappa shape index (κ2) is 6.58. The minimum atomic E-state index is -0.137. The van der Waals surface area contributed by atoms with Crippen molar-refractivity contribution in [2.75, 3.05) is 10.6 Å².